The number of hydrogen-bond donors (Lipinski definition) is 1. The van der Waals surface area contributed by atoms with Crippen LogP contribution in [0.1, 0.15) is 10.5 Å². The molecule has 0 aliphatic rings. The first-order valence-corrected chi connectivity index (χ1v) is 10.1. The van der Waals surface area contributed by atoms with Gasteiger partial charge in [0.2, 0.25) is 0 Å². The van der Waals surface area contributed by atoms with Crippen molar-refractivity contribution in [3.05, 3.63) is 62.5 Å². The number of rotatable bonds is 6. The summed E-state index contributed by atoms with van der Waals surface area (Å²) in [6, 6.07) is 10.1. The summed E-state index contributed by atoms with van der Waals surface area (Å²) >= 11 is 19.1. The molecule has 0 saturated heterocycles. The second kappa shape index (κ2) is 9.45. The zero-order chi connectivity index (χ0) is 21.0. The number of halogens is 3. The number of aromatic nitrogens is 1. The number of thiazole rings is 1. The fourth-order valence-electron chi connectivity index (χ4n) is 2.28. The van der Waals surface area contributed by atoms with Crippen molar-refractivity contribution in [3.8, 4) is 16.3 Å². The quantitative estimate of drug-likeness (QED) is 0.475. The van der Waals surface area contributed by atoms with E-state index in [1.54, 1.807) is 24.6 Å². The van der Waals surface area contributed by atoms with Crippen molar-refractivity contribution in [2.45, 2.75) is 0 Å². The predicted molar refractivity (Wildman–Crippen MR) is 114 cm³/mol. The van der Waals surface area contributed by atoms with Gasteiger partial charge in [0, 0.05) is 16.0 Å². The van der Waals surface area contributed by atoms with Crippen molar-refractivity contribution in [2.24, 2.45) is 0 Å². The summed E-state index contributed by atoms with van der Waals surface area (Å²) in [4.78, 5) is 28.5. The predicted octanol–water partition coefficient (Wildman–Crippen LogP) is 5.57. The Kier molecular flexibility index (Phi) is 6.97. The van der Waals surface area contributed by atoms with E-state index in [9.17, 15) is 9.59 Å². The number of anilines is 1. The molecule has 150 valence electrons. The molecule has 3 aromatic rings. The zero-order valence-corrected chi connectivity index (χ0v) is 18.0. The number of methoxy groups -OCH3 is 1. The molecule has 0 saturated carbocycles. The van der Waals surface area contributed by atoms with Crippen LogP contribution in [0.5, 0.6) is 5.75 Å². The van der Waals surface area contributed by atoms with Crippen molar-refractivity contribution in [2.75, 3.05) is 19.0 Å². The lowest BCUT2D eigenvalue weighted by Crippen LogP contribution is -2.21. The van der Waals surface area contributed by atoms with Crippen LogP contribution in [0, 0.1) is 0 Å². The van der Waals surface area contributed by atoms with E-state index in [2.05, 4.69) is 10.3 Å². The molecular formula is C19H13Cl3N2O4S. The maximum atomic E-state index is 12.2. The van der Waals surface area contributed by atoms with E-state index < -0.39 is 18.5 Å². The van der Waals surface area contributed by atoms with E-state index in [1.165, 1.54) is 23.5 Å². The molecule has 3 rings (SSSR count). The van der Waals surface area contributed by atoms with E-state index in [-0.39, 0.29) is 21.4 Å². The average molecular weight is 472 g/mol. The van der Waals surface area contributed by atoms with Crippen LogP contribution < -0.4 is 10.1 Å². The highest BCUT2D eigenvalue weighted by Crippen LogP contribution is 2.33. The van der Waals surface area contributed by atoms with E-state index >= 15 is 0 Å². The van der Waals surface area contributed by atoms with Crippen LogP contribution in [0.4, 0.5) is 5.69 Å². The van der Waals surface area contributed by atoms with Crippen molar-refractivity contribution in [3.63, 3.8) is 0 Å². The van der Waals surface area contributed by atoms with Gasteiger partial charge >= 0.3 is 5.97 Å². The van der Waals surface area contributed by atoms with Gasteiger partial charge in [0.25, 0.3) is 5.91 Å². The van der Waals surface area contributed by atoms with Crippen LogP contribution in [0.15, 0.2) is 41.8 Å². The summed E-state index contributed by atoms with van der Waals surface area (Å²) in [5, 5.41) is 5.37. The van der Waals surface area contributed by atoms with Crippen LogP contribution in [-0.2, 0) is 9.53 Å². The molecule has 29 heavy (non-hydrogen) atoms. The van der Waals surface area contributed by atoms with Crippen molar-refractivity contribution in [1.29, 1.82) is 0 Å². The van der Waals surface area contributed by atoms with Gasteiger partial charge in [-0.15, -0.1) is 11.3 Å². The number of esters is 1. The van der Waals surface area contributed by atoms with Crippen LogP contribution in [0.3, 0.4) is 0 Å². The van der Waals surface area contributed by atoms with Gasteiger partial charge in [0.15, 0.2) is 12.3 Å². The fraction of sp³-hybridized carbons (Fsp3) is 0.105. The van der Waals surface area contributed by atoms with E-state index in [0.717, 1.165) is 11.3 Å². The molecule has 0 fully saturated rings. The maximum Gasteiger partial charge on any atom is 0.358 e. The van der Waals surface area contributed by atoms with Crippen LogP contribution >= 0.6 is 46.1 Å². The highest BCUT2D eigenvalue weighted by molar-refractivity contribution is 7.13. The molecule has 0 aliphatic heterocycles. The second-order valence-electron chi connectivity index (χ2n) is 5.64. The Morgan fingerprint density at radius 3 is 2.38 bits per heavy atom. The molecule has 10 heteroatoms. The molecule has 0 radical (unpaired) electrons. The van der Waals surface area contributed by atoms with Crippen LogP contribution in [0.25, 0.3) is 10.6 Å². The lowest BCUT2D eigenvalue weighted by atomic mass is 10.2. The summed E-state index contributed by atoms with van der Waals surface area (Å²) in [6.45, 7) is -0.524. The first-order chi connectivity index (χ1) is 13.9. The number of carbonyl (C=O) groups is 2. The maximum absolute atomic E-state index is 12.2. The van der Waals surface area contributed by atoms with Crippen molar-refractivity contribution in [1.82, 2.24) is 4.98 Å². The number of carbonyl (C=O) groups excluding carboxylic acids is 2. The van der Waals surface area contributed by atoms with Gasteiger partial charge in [-0.1, -0.05) is 34.8 Å². The average Bonchev–Trinajstić information content (AvgIpc) is 3.19. The Morgan fingerprint density at radius 2 is 1.76 bits per heavy atom. The monoisotopic (exact) mass is 470 g/mol. The standard InChI is InChI=1S/C19H13Cl3N2O4S/c1-27-12-4-2-10(3-5-12)18-23-15(9-29-18)19(26)28-8-16(25)24-17-13(21)6-11(20)7-14(17)22/h2-7,9H,8H2,1H3,(H,24,25). The Bertz CT molecular complexity index is 1030. The minimum absolute atomic E-state index is 0.108. The first kappa shape index (κ1) is 21.4. The molecule has 0 spiro atoms. The second-order valence-corrected chi connectivity index (χ2v) is 7.74. The number of nitrogens with one attached hydrogen (secondary N) is 1. The number of ether oxygens (including phenoxy) is 2. The van der Waals surface area contributed by atoms with E-state index in [4.69, 9.17) is 44.3 Å². The summed E-state index contributed by atoms with van der Waals surface area (Å²) in [6.07, 6.45) is 0. The lowest BCUT2D eigenvalue weighted by Gasteiger charge is -2.10. The summed E-state index contributed by atoms with van der Waals surface area (Å²) < 4.78 is 10.1. The molecule has 2 aromatic carbocycles. The summed E-state index contributed by atoms with van der Waals surface area (Å²) in [7, 11) is 1.58. The highest BCUT2D eigenvalue weighted by atomic mass is 35.5. The number of amides is 1. The largest absolute Gasteiger partial charge is 0.497 e. The Hall–Kier alpha value is -2.32. The molecule has 0 bridgehead atoms. The fourth-order valence-corrected chi connectivity index (χ4v) is 3.98. The molecule has 0 aliphatic carbocycles. The molecule has 1 N–H and O–H groups in total. The smallest absolute Gasteiger partial charge is 0.358 e. The van der Waals surface area contributed by atoms with Gasteiger partial charge in [-0.25, -0.2) is 9.78 Å². The van der Waals surface area contributed by atoms with Gasteiger partial charge < -0.3 is 14.8 Å². The first-order valence-electron chi connectivity index (χ1n) is 8.09. The molecule has 1 amide bonds. The van der Waals surface area contributed by atoms with E-state index in [1.807, 2.05) is 12.1 Å². The number of nitrogens with zero attached hydrogens (tertiary/aromatic N) is 1. The zero-order valence-electron chi connectivity index (χ0n) is 14.9. The van der Waals surface area contributed by atoms with Gasteiger partial charge in [-0.2, -0.15) is 0 Å². The normalized spacial score (nSPS) is 10.5. The third-order valence-electron chi connectivity index (χ3n) is 3.66. The van der Waals surface area contributed by atoms with E-state index in [0.29, 0.717) is 10.0 Å². The summed E-state index contributed by atoms with van der Waals surface area (Å²) in [5.74, 6) is -0.601. The van der Waals surface area contributed by atoms with Crippen molar-refractivity contribution >= 4 is 63.7 Å². The molecule has 1 aromatic heterocycles. The third kappa shape index (κ3) is 5.39. The Balaban J connectivity index is 1.59. The lowest BCUT2D eigenvalue weighted by molar-refractivity contribution is -0.119. The van der Waals surface area contributed by atoms with Gasteiger partial charge in [0.1, 0.15) is 10.8 Å². The molecule has 1 heterocycles. The SMILES string of the molecule is COc1ccc(-c2nc(C(=O)OCC(=O)Nc3c(Cl)cc(Cl)cc3Cl)cs2)cc1. The topological polar surface area (TPSA) is 77.5 Å². The Morgan fingerprint density at radius 1 is 1.10 bits per heavy atom. The minimum Gasteiger partial charge on any atom is -0.497 e. The molecular weight excluding hydrogens is 459 g/mol. The number of hydrogen-bond acceptors (Lipinski definition) is 6. The van der Waals surface area contributed by atoms with Crippen LogP contribution in [0.2, 0.25) is 15.1 Å². The molecule has 0 atom stereocenters. The van der Waals surface area contributed by atoms with Crippen molar-refractivity contribution < 1.29 is 19.1 Å². The van der Waals surface area contributed by atoms with Gasteiger partial charge in [-0.05, 0) is 36.4 Å². The third-order valence-corrected chi connectivity index (χ3v) is 5.36. The van der Waals surface area contributed by atoms with Crippen LogP contribution in [-0.4, -0.2) is 30.6 Å². The number of benzene rings is 2. The highest BCUT2D eigenvalue weighted by Gasteiger charge is 2.17. The summed E-state index contributed by atoms with van der Waals surface area (Å²) in [5.41, 5.74) is 1.13. The molecule has 0 unspecified atom stereocenters. The minimum atomic E-state index is -0.718. The van der Waals surface area contributed by atoms with Gasteiger partial charge in [-0.3, -0.25) is 4.79 Å². The van der Waals surface area contributed by atoms with Gasteiger partial charge in [0.05, 0.1) is 22.8 Å². The Labute approximate surface area is 185 Å². The molecule has 6 nitrogen and oxygen atoms in total.